The first kappa shape index (κ1) is 30.5. The molecule has 0 radical (unpaired) electrons. The molecule has 0 aliphatic heterocycles. The number of aliphatic hydroxyl groups is 1. The number of nitrogens with one attached hydrogen (secondary N) is 1. The predicted octanol–water partition coefficient (Wildman–Crippen LogP) is 6.44. The van der Waals surface area contributed by atoms with Crippen LogP contribution in [0.1, 0.15) is 69.5 Å². The molecule has 4 rings (SSSR count). The molecule has 1 fully saturated rings. The molecule has 8 nitrogen and oxygen atoms in total. The highest BCUT2D eigenvalue weighted by Gasteiger charge is 2.44. The number of rotatable bonds is 14. The highest BCUT2D eigenvalue weighted by Crippen LogP contribution is 2.43. The molecule has 1 aromatic heterocycles. The summed E-state index contributed by atoms with van der Waals surface area (Å²) in [5, 5.41) is 26.8. The van der Waals surface area contributed by atoms with Gasteiger partial charge in [0.05, 0.1) is 24.4 Å². The van der Waals surface area contributed by atoms with E-state index in [9.17, 15) is 19.8 Å². The number of benzene rings is 2. The smallest absolute Gasteiger partial charge is 0.407 e. The van der Waals surface area contributed by atoms with Crippen LogP contribution in [0.15, 0.2) is 60.0 Å². The number of carboxylic acid groups (broad SMARTS) is 1. The highest BCUT2D eigenvalue weighted by molar-refractivity contribution is 7.11. The van der Waals surface area contributed by atoms with Gasteiger partial charge in [-0.15, -0.1) is 0 Å². The Morgan fingerprint density at radius 1 is 1.15 bits per heavy atom. The number of aromatic nitrogens is 1. The number of amides is 2. The minimum absolute atomic E-state index is 0.186. The van der Waals surface area contributed by atoms with E-state index in [4.69, 9.17) is 4.74 Å². The number of hydrogen-bond donors (Lipinski definition) is 3. The van der Waals surface area contributed by atoms with E-state index in [1.165, 1.54) is 21.8 Å². The van der Waals surface area contributed by atoms with E-state index < -0.39 is 29.6 Å². The molecule has 1 heterocycles. The Hall–Kier alpha value is -3.43. The van der Waals surface area contributed by atoms with Gasteiger partial charge in [0, 0.05) is 22.9 Å². The van der Waals surface area contributed by atoms with Crippen LogP contribution in [0.3, 0.4) is 0 Å². The van der Waals surface area contributed by atoms with Crippen LogP contribution in [0.2, 0.25) is 0 Å². The molecular formula is C32H41N3O5S. The van der Waals surface area contributed by atoms with Crippen molar-refractivity contribution in [1.82, 2.24) is 15.2 Å². The van der Waals surface area contributed by atoms with Crippen molar-refractivity contribution in [2.45, 2.75) is 77.5 Å². The third kappa shape index (κ3) is 7.86. The quantitative estimate of drug-likeness (QED) is 0.203. The first-order valence-electron chi connectivity index (χ1n) is 14.4. The standard InChI is InChI=1S/C32H41N3O5S/c1-4-5-12-27(28(36)29(37)33-23(3)24-10-7-6-8-11-24)35(31(38)39)20-32(17-9-18-32)21-40-30-34-26(19-41-30)25-15-13-22(2)14-16-25/h6-8,10-11,13-16,19,23,27-28,36H,4-5,9,12,17-18,20-21H2,1-3H3,(H,33,37)(H,38,39)/t23-,27+,28?/m1/s1. The number of carbonyl (C=O) groups excluding carboxylic acids is 1. The Kier molecular flexibility index (Phi) is 10.4. The zero-order chi connectivity index (χ0) is 29.4. The van der Waals surface area contributed by atoms with Gasteiger partial charge >= 0.3 is 6.09 Å². The fourth-order valence-electron chi connectivity index (χ4n) is 5.30. The fourth-order valence-corrected chi connectivity index (χ4v) is 5.98. The van der Waals surface area contributed by atoms with Gasteiger partial charge in [-0.3, -0.25) is 4.79 Å². The summed E-state index contributed by atoms with van der Waals surface area (Å²) in [6.45, 7) is 6.41. The van der Waals surface area contributed by atoms with Gasteiger partial charge in [0.1, 0.15) is 0 Å². The molecule has 0 spiro atoms. The molecule has 1 aliphatic rings. The average molecular weight is 580 g/mol. The molecule has 41 heavy (non-hydrogen) atoms. The molecule has 0 bridgehead atoms. The second-order valence-electron chi connectivity index (χ2n) is 11.2. The van der Waals surface area contributed by atoms with Crippen molar-refractivity contribution in [2.24, 2.45) is 5.41 Å². The lowest BCUT2D eigenvalue weighted by atomic mass is 9.68. The summed E-state index contributed by atoms with van der Waals surface area (Å²) in [4.78, 5) is 31.6. The summed E-state index contributed by atoms with van der Waals surface area (Å²) in [5.41, 5.74) is 3.56. The van der Waals surface area contributed by atoms with Gasteiger partial charge in [0.15, 0.2) is 6.10 Å². The Labute approximate surface area is 246 Å². The van der Waals surface area contributed by atoms with Crippen molar-refractivity contribution < 1.29 is 24.5 Å². The first-order chi connectivity index (χ1) is 19.7. The van der Waals surface area contributed by atoms with Gasteiger partial charge in [-0.1, -0.05) is 97.7 Å². The van der Waals surface area contributed by atoms with Crippen molar-refractivity contribution in [1.29, 1.82) is 0 Å². The van der Waals surface area contributed by atoms with Crippen molar-refractivity contribution in [3.05, 3.63) is 71.1 Å². The van der Waals surface area contributed by atoms with Gasteiger partial charge in [0.2, 0.25) is 0 Å². The number of hydrogen-bond acceptors (Lipinski definition) is 6. The van der Waals surface area contributed by atoms with Crippen LogP contribution in [-0.4, -0.2) is 57.4 Å². The molecule has 2 amide bonds. The number of thiazole rings is 1. The molecule has 0 saturated heterocycles. The minimum Gasteiger partial charge on any atom is -0.469 e. The normalized spacial score (nSPS) is 16.2. The van der Waals surface area contributed by atoms with Gasteiger partial charge < -0.3 is 25.2 Å². The zero-order valence-electron chi connectivity index (χ0n) is 24.1. The Morgan fingerprint density at radius 2 is 1.85 bits per heavy atom. The lowest BCUT2D eigenvalue weighted by molar-refractivity contribution is -0.134. The van der Waals surface area contributed by atoms with E-state index in [0.717, 1.165) is 42.5 Å². The summed E-state index contributed by atoms with van der Waals surface area (Å²) in [7, 11) is 0. The second-order valence-corrected chi connectivity index (χ2v) is 12.0. The van der Waals surface area contributed by atoms with Crippen LogP contribution in [0.4, 0.5) is 4.79 Å². The highest BCUT2D eigenvalue weighted by atomic mass is 32.1. The summed E-state index contributed by atoms with van der Waals surface area (Å²) >= 11 is 1.42. The Balaban J connectivity index is 1.44. The van der Waals surface area contributed by atoms with E-state index in [1.807, 2.05) is 80.7 Å². The van der Waals surface area contributed by atoms with Gasteiger partial charge in [0.25, 0.3) is 11.1 Å². The summed E-state index contributed by atoms with van der Waals surface area (Å²) in [5.74, 6) is -0.570. The lowest BCUT2D eigenvalue weighted by Crippen LogP contribution is -2.57. The molecular weight excluding hydrogens is 538 g/mol. The van der Waals surface area contributed by atoms with Crippen LogP contribution in [-0.2, 0) is 4.79 Å². The Morgan fingerprint density at radius 3 is 2.46 bits per heavy atom. The van der Waals surface area contributed by atoms with Gasteiger partial charge in [-0.05, 0) is 38.7 Å². The van der Waals surface area contributed by atoms with E-state index in [2.05, 4.69) is 10.3 Å². The van der Waals surface area contributed by atoms with Crippen LogP contribution in [0.25, 0.3) is 11.3 Å². The van der Waals surface area contributed by atoms with Crippen molar-refractivity contribution in [3.8, 4) is 16.5 Å². The van der Waals surface area contributed by atoms with Crippen LogP contribution >= 0.6 is 11.3 Å². The van der Waals surface area contributed by atoms with E-state index in [1.54, 1.807) is 0 Å². The van der Waals surface area contributed by atoms with E-state index in [0.29, 0.717) is 24.6 Å². The molecule has 220 valence electrons. The monoisotopic (exact) mass is 579 g/mol. The SMILES string of the molecule is CCCC[C@@H](C(O)C(=O)N[C@H](C)c1ccccc1)N(CC1(COc2nc(-c3ccc(C)cc3)cs2)CCC1)C(=O)O. The largest absolute Gasteiger partial charge is 0.469 e. The van der Waals surface area contributed by atoms with Crippen LogP contribution < -0.4 is 10.1 Å². The van der Waals surface area contributed by atoms with Crippen LogP contribution in [0.5, 0.6) is 5.19 Å². The van der Waals surface area contributed by atoms with Gasteiger partial charge in [-0.25, -0.2) is 9.78 Å². The van der Waals surface area contributed by atoms with Crippen molar-refractivity contribution >= 4 is 23.3 Å². The third-order valence-corrected chi connectivity index (χ3v) is 8.80. The maximum absolute atomic E-state index is 13.1. The Bertz CT molecular complexity index is 1280. The molecule has 3 atom stereocenters. The number of ether oxygens (including phenoxy) is 1. The minimum atomic E-state index is -1.49. The van der Waals surface area contributed by atoms with Crippen molar-refractivity contribution in [3.63, 3.8) is 0 Å². The zero-order valence-corrected chi connectivity index (χ0v) is 24.9. The molecule has 3 aromatic rings. The number of aliphatic hydroxyl groups excluding tert-OH is 1. The summed E-state index contributed by atoms with van der Waals surface area (Å²) in [6, 6.07) is 16.5. The molecule has 2 aromatic carbocycles. The number of nitrogens with zero attached hydrogens (tertiary/aromatic N) is 2. The maximum atomic E-state index is 13.1. The maximum Gasteiger partial charge on any atom is 0.407 e. The van der Waals surface area contributed by atoms with Crippen LogP contribution in [0, 0.1) is 12.3 Å². The summed E-state index contributed by atoms with van der Waals surface area (Å²) in [6.07, 6.45) is 1.86. The number of aryl methyl sites for hydroxylation is 1. The molecule has 1 unspecified atom stereocenters. The third-order valence-electron chi connectivity index (χ3n) is 8.04. The topological polar surface area (TPSA) is 112 Å². The molecule has 9 heteroatoms. The number of unbranched alkanes of at least 4 members (excludes halogenated alkanes) is 1. The van der Waals surface area contributed by atoms with Crippen molar-refractivity contribution in [2.75, 3.05) is 13.2 Å². The molecule has 1 aliphatic carbocycles. The first-order valence-corrected chi connectivity index (χ1v) is 15.3. The van der Waals surface area contributed by atoms with Gasteiger partial charge in [-0.2, -0.15) is 0 Å². The average Bonchev–Trinajstić information content (AvgIpc) is 3.43. The molecule has 3 N–H and O–H groups in total. The lowest BCUT2D eigenvalue weighted by Gasteiger charge is -2.46. The molecule has 1 saturated carbocycles. The second kappa shape index (κ2) is 14.0. The number of carbonyl (C=O) groups is 2. The van der Waals surface area contributed by atoms with E-state index >= 15 is 0 Å². The summed E-state index contributed by atoms with van der Waals surface area (Å²) < 4.78 is 6.14. The fraction of sp³-hybridized carbons (Fsp3) is 0.469. The predicted molar refractivity (Wildman–Crippen MR) is 161 cm³/mol. The van der Waals surface area contributed by atoms with E-state index in [-0.39, 0.29) is 12.6 Å².